The second-order valence-electron chi connectivity index (χ2n) is 7.44. The Balaban J connectivity index is 1.63. The van der Waals surface area contributed by atoms with Crippen molar-refractivity contribution in [2.75, 3.05) is 6.54 Å². The first-order chi connectivity index (χ1) is 14.0. The molecule has 2 aromatic carbocycles. The van der Waals surface area contributed by atoms with Gasteiger partial charge in [-0.15, -0.1) is 0 Å². The third-order valence-electron chi connectivity index (χ3n) is 5.27. The van der Waals surface area contributed by atoms with Crippen molar-refractivity contribution in [3.8, 4) is 0 Å². The smallest absolute Gasteiger partial charge is 0.273 e. The zero-order valence-corrected chi connectivity index (χ0v) is 16.8. The average Bonchev–Trinajstić information content (AvgIpc) is 3.03. The minimum Gasteiger partial charge on any atom is -0.354 e. The first-order valence-corrected chi connectivity index (χ1v) is 9.78. The van der Waals surface area contributed by atoms with Crippen molar-refractivity contribution < 1.29 is 4.79 Å². The lowest BCUT2D eigenvalue weighted by atomic mass is 10.1. The van der Waals surface area contributed by atoms with Crippen LogP contribution in [0.5, 0.6) is 0 Å². The number of hydrogen-bond acceptors (Lipinski definition) is 3. The van der Waals surface area contributed by atoms with Gasteiger partial charge in [0.2, 0.25) is 5.91 Å². The van der Waals surface area contributed by atoms with Crippen LogP contribution >= 0.6 is 0 Å². The highest BCUT2D eigenvalue weighted by Gasteiger charge is 2.22. The van der Waals surface area contributed by atoms with Crippen LogP contribution in [0, 0.1) is 13.8 Å². The molecule has 0 spiro atoms. The Morgan fingerprint density at radius 3 is 2.59 bits per heavy atom. The Morgan fingerprint density at radius 1 is 1.10 bits per heavy atom. The van der Waals surface area contributed by atoms with Gasteiger partial charge in [0, 0.05) is 23.7 Å². The molecule has 1 N–H and O–H groups in total. The van der Waals surface area contributed by atoms with E-state index < -0.39 is 6.04 Å². The maximum Gasteiger partial charge on any atom is 0.273 e. The highest BCUT2D eigenvalue weighted by Crippen LogP contribution is 2.24. The Morgan fingerprint density at radius 2 is 1.83 bits per heavy atom. The fourth-order valence-corrected chi connectivity index (χ4v) is 3.73. The van der Waals surface area contributed by atoms with E-state index in [1.165, 1.54) is 17.2 Å². The van der Waals surface area contributed by atoms with Crippen LogP contribution < -0.4 is 10.9 Å². The first-order valence-electron chi connectivity index (χ1n) is 9.78. The SMILES string of the molecule is Cc1ccc(CCNC(=O)C(C)n2c3ccccc3c3nc(=O)cc(C)n32)cc1. The third kappa shape index (κ3) is 3.53. The lowest BCUT2D eigenvalue weighted by Crippen LogP contribution is -2.34. The summed E-state index contributed by atoms with van der Waals surface area (Å²) in [5.41, 5.74) is 4.33. The van der Waals surface area contributed by atoms with E-state index in [2.05, 4.69) is 41.5 Å². The van der Waals surface area contributed by atoms with Gasteiger partial charge in [0.05, 0.1) is 5.52 Å². The molecule has 2 heterocycles. The van der Waals surface area contributed by atoms with E-state index in [-0.39, 0.29) is 11.5 Å². The molecular weight excluding hydrogens is 364 g/mol. The monoisotopic (exact) mass is 388 g/mol. The minimum absolute atomic E-state index is 0.0714. The molecule has 0 fully saturated rings. The predicted octanol–water partition coefficient (Wildman–Crippen LogP) is 3.19. The summed E-state index contributed by atoms with van der Waals surface area (Å²) in [7, 11) is 0. The Hall–Kier alpha value is -3.41. The van der Waals surface area contributed by atoms with Gasteiger partial charge in [-0.2, -0.15) is 4.98 Å². The van der Waals surface area contributed by atoms with E-state index in [4.69, 9.17) is 0 Å². The van der Waals surface area contributed by atoms with Crippen LogP contribution in [0.1, 0.15) is 29.8 Å². The van der Waals surface area contributed by atoms with Crippen molar-refractivity contribution in [1.29, 1.82) is 0 Å². The van der Waals surface area contributed by atoms with Gasteiger partial charge in [0.1, 0.15) is 6.04 Å². The van der Waals surface area contributed by atoms with Gasteiger partial charge in [-0.1, -0.05) is 42.0 Å². The second kappa shape index (κ2) is 7.54. The molecule has 0 bridgehead atoms. The van der Waals surface area contributed by atoms with Gasteiger partial charge in [-0.3, -0.25) is 14.3 Å². The number of nitrogens with zero attached hydrogens (tertiary/aromatic N) is 3. The molecule has 0 aliphatic rings. The van der Waals surface area contributed by atoms with E-state index in [9.17, 15) is 9.59 Å². The summed E-state index contributed by atoms with van der Waals surface area (Å²) in [5, 5.41) is 3.89. The van der Waals surface area contributed by atoms with Gasteiger partial charge in [0.25, 0.3) is 5.56 Å². The lowest BCUT2D eigenvalue weighted by Gasteiger charge is -2.18. The summed E-state index contributed by atoms with van der Waals surface area (Å²) < 4.78 is 3.77. The highest BCUT2D eigenvalue weighted by atomic mass is 16.2. The standard InChI is InChI=1S/C23H24N4O2/c1-15-8-10-18(11-9-15)12-13-24-23(29)17(3)27-20-7-5-4-6-19(20)22-25-21(28)14-16(2)26(22)27/h4-11,14,17H,12-13H2,1-3H3,(H,24,29). The molecule has 1 unspecified atom stereocenters. The van der Waals surface area contributed by atoms with Crippen LogP contribution in [0.15, 0.2) is 59.4 Å². The quantitative estimate of drug-likeness (QED) is 0.571. The normalized spacial score (nSPS) is 12.4. The van der Waals surface area contributed by atoms with Crippen molar-refractivity contribution in [3.05, 3.63) is 81.8 Å². The van der Waals surface area contributed by atoms with Gasteiger partial charge in [-0.25, -0.2) is 4.52 Å². The molecule has 29 heavy (non-hydrogen) atoms. The number of carbonyl (C=O) groups is 1. The molecule has 4 aromatic rings. The van der Waals surface area contributed by atoms with Crippen molar-refractivity contribution in [2.45, 2.75) is 33.2 Å². The number of fused-ring (bicyclic) bond motifs is 3. The molecule has 0 saturated carbocycles. The summed E-state index contributed by atoms with van der Waals surface area (Å²) in [6.07, 6.45) is 0.777. The molecule has 0 aliphatic heterocycles. The average molecular weight is 388 g/mol. The van der Waals surface area contributed by atoms with Crippen LogP contribution in [-0.2, 0) is 11.2 Å². The molecule has 0 radical (unpaired) electrons. The summed E-state index contributed by atoms with van der Waals surface area (Å²) >= 11 is 0. The van der Waals surface area contributed by atoms with Gasteiger partial charge in [-0.05, 0) is 44.9 Å². The second-order valence-corrected chi connectivity index (χ2v) is 7.44. The number of para-hydroxylation sites is 1. The van der Waals surface area contributed by atoms with Crippen molar-refractivity contribution in [3.63, 3.8) is 0 Å². The van der Waals surface area contributed by atoms with Crippen LogP contribution in [0.3, 0.4) is 0 Å². The number of nitrogens with one attached hydrogen (secondary N) is 1. The Kier molecular flexibility index (Phi) is 4.92. The van der Waals surface area contributed by atoms with Crippen molar-refractivity contribution in [2.24, 2.45) is 0 Å². The molecule has 6 heteroatoms. The Bertz CT molecular complexity index is 1250. The molecule has 4 rings (SSSR count). The molecule has 0 aliphatic carbocycles. The van der Waals surface area contributed by atoms with E-state index in [1.54, 1.807) is 0 Å². The number of carbonyl (C=O) groups excluding carboxylic acids is 1. The zero-order valence-electron chi connectivity index (χ0n) is 16.8. The maximum atomic E-state index is 12.9. The van der Waals surface area contributed by atoms with E-state index in [0.29, 0.717) is 12.2 Å². The lowest BCUT2D eigenvalue weighted by molar-refractivity contribution is -0.124. The van der Waals surface area contributed by atoms with Gasteiger partial charge < -0.3 is 5.32 Å². The predicted molar refractivity (Wildman–Crippen MR) is 114 cm³/mol. The van der Waals surface area contributed by atoms with Crippen LogP contribution in [-0.4, -0.2) is 26.6 Å². The summed E-state index contributed by atoms with van der Waals surface area (Å²) in [6, 6.07) is 17.1. The fraction of sp³-hybridized carbons (Fsp3) is 0.261. The van der Waals surface area contributed by atoms with Crippen LogP contribution in [0.25, 0.3) is 16.6 Å². The zero-order chi connectivity index (χ0) is 20.5. The maximum absolute atomic E-state index is 12.9. The van der Waals surface area contributed by atoms with Crippen molar-refractivity contribution >= 4 is 22.5 Å². The van der Waals surface area contributed by atoms with Crippen LogP contribution in [0.4, 0.5) is 0 Å². The highest BCUT2D eigenvalue weighted by molar-refractivity contribution is 5.94. The van der Waals surface area contributed by atoms with E-state index >= 15 is 0 Å². The van der Waals surface area contributed by atoms with Gasteiger partial charge >= 0.3 is 0 Å². The fourth-order valence-electron chi connectivity index (χ4n) is 3.73. The third-order valence-corrected chi connectivity index (χ3v) is 5.27. The van der Waals surface area contributed by atoms with Crippen LogP contribution in [0.2, 0.25) is 0 Å². The van der Waals surface area contributed by atoms with Crippen molar-refractivity contribution in [1.82, 2.24) is 19.5 Å². The van der Waals surface area contributed by atoms with Gasteiger partial charge in [0.15, 0.2) is 5.65 Å². The summed E-state index contributed by atoms with van der Waals surface area (Å²) in [5.74, 6) is -0.0714. The largest absolute Gasteiger partial charge is 0.354 e. The number of amides is 1. The number of benzene rings is 2. The van der Waals surface area contributed by atoms with E-state index in [0.717, 1.165) is 23.0 Å². The molecule has 1 atom stereocenters. The minimum atomic E-state index is -0.460. The van der Waals surface area contributed by atoms with E-state index in [1.807, 2.05) is 47.3 Å². The molecule has 148 valence electrons. The Labute approximate surface area is 168 Å². The number of aryl methyl sites for hydroxylation is 2. The summed E-state index contributed by atoms with van der Waals surface area (Å²) in [6.45, 7) is 6.34. The first kappa shape index (κ1) is 18.9. The molecule has 2 aromatic heterocycles. The molecule has 6 nitrogen and oxygen atoms in total. The molecule has 1 amide bonds. The topological polar surface area (TPSA) is 68.4 Å². The molecule has 0 saturated heterocycles. The summed E-state index contributed by atoms with van der Waals surface area (Å²) in [4.78, 5) is 29.1. The molecular formula is C23H24N4O2. The number of rotatable bonds is 5. The number of aromatic nitrogens is 3. The number of hydrogen-bond donors (Lipinski definition) is 1.